The van der Waals surface area contributed by atoms with E-state index in [1.165, 1.54) is 7.11 Å². The molecule has 0 saturated carbocycles. The van der Waals surface area contributed by atoms with Crippen molar-refractivity contribution in [2.24, 2.45) is 0 Å². The van der Waals surface area contributed by atoms with Gasteiger partial charge in [-0.2, -0.15) is 31.4 Å². The number of halogens is 6. The average molecular weight is 671 g/mol. The fourth-order valence-electron chi connectivity index (χ4n) is 5.38. The fourth-order valence-corrected chi connectivity index (χ4v) is 5.38. The minimum atomic E-state index is -4.95. The predicted octanol–water partition coefficient (Wildman–Crippen LogP) is 4.05. The number of fused-ring (bicyclic) bond motifs is 3. The molecule has 2 atom stereocenters. The van der Waals surface area contributed by atoms with E-state index in [9.17, 15) is 35.9 Å². The van der Waals surface area contributed by atoms with E-state index in [1.54, 1.807) is 36.1 Å². The summed E-state index contributed by atoms with van der Waals surface area (Å²) in [5, 5.41) is 6.57. The van der Waals surface area contributed by atoms with Gasteiger partial charge in [0, 0.05) is 31.9 Å². The molecule has 1 fully saturated rings. The molecule has 0 bridgehead atoms. The Bertz CT molecular complexity index is 1630. The first-order valence-electron chi connectivity index (χ1n) is 14.6. The van der Waals surface area contributed by atoms with Crippen molar-refractivity contribution in [3.05, 3.63) is 69.8 Å². The third-order valence-electron chi connectivity index (χ3n) is 7.75. The summed E-state index contributed by atoms with van der Waals surface area (Å²) in [6.45, 7) is 2.34. The number of piperazine rings is 1. The van der Waals surface area contributed by atoms with E-state index in [0.29, 0.717) is 30.2 Å². The molecule has 47 heavy (non-hydrogen) atoms. The molecule has 5 rings (SSSR count). The predicted molar refractivity (Wildman–Crippen MR) is 157 cm³/mol. The Hall–Kier alpha value is -4.54. The number of anilines is 2. The molecule has 2 aliphatic heterocycles. The highest BCUT2D eigenvalue weighted by molar-refractivity contribution is 5.77. The SMILES string of the molecule is COc1ccc(Cn2ncc(NC(C)COCCC(=O)N3CCN4c5ncc(C(F)(F)F)cc5OCC4C3)c(C(F)(F)F)c2=O)cc1. The van der Waals surface area contributed by atoms with E-state index in [-0.39, 0.29) is 57.0 Å². The van der Waals surface area contributed by atoms with E-state index in [1.807, 2.05) is 4.90 Å². The number of benzene rings is 1. The summed E-state index contributed by atoms with van der Waals surface area (Å²) in [7, 11) is 1.48. The summed E-state index contributed by atoms with van der Waals surface area (Å²) in [4.78, 5) is 33.1. The molecule has 2 aliphatic rings. The molecular formula is C30H32F6N6O5. The number of nitrogens with zero attached hydrogens (tertiary/aromatic N) is 5. The molecule has 17 heteroatoms. The minimum Gasteiger partial charge on any atom is -0.497 e. The van der Waals surface area contributed by atoms with Gasteiger partial charge in [-0.15, -0.1) is 0 Å². The Morgan fingerprint density at radius 1 is 1.11 bits per heavy atom. The van der Waals surface area contributed by atoms with Crippen molar-refractivity contribution in [3.63, 3.8) is 0 Å². The molecule has 1 saturated heterocycles. The molecule has 0 spiro atoms. The van der Waals surface area contributed by atoms with Gasteiger partial charge >= 0.3 is 12.4 Å². The monoisotopic (exact) mass is 670 g/mol. The van der Waals surface area contributed by atoms with E-state index in [2.05, 4.69) is 15.4 Å². The molecule has 2 aromatic heterocycles. The molecule has 2 unspecified atom stereocenters. The second kappa shape index (κ2) is 13.7. The third-order valence-corrected chi connectivity index (χ3v) is 7.75. The van der Waals surface area contributed by atoms with Gasteiger partial charge < -0.3 is 29.3 Å². The van der Waals surface area contributed by atoms with E-state index >= 15 is 0 Å². The van der Waals surface area contributed by atoms with Crippen LogP contribution in [-0.4, -0.2) is 84.2 Å². The van der Waals surface area contributed by atoms with Gasteiger partial charge in [0.25, 0.3) is 5.56 Å². The molecule has 0 radical (unpaired) electrons. The van der Waals surface area contributed by atoms with Crippen molar-refractivity contribution in [1.29, 1.82) is 0 Å². The van der Waals surface area contributed by atoms with Gasteiger partial charge in [0.2, 0.25) is 5.91 Å². The lowest BCUT2D eigenvalue weighted by atomic mass is 10.1. The first-order chi connectivity index (χ1) is 22.2. The minimum absolute atomic E-state index is 0.000832. The zero-order valence-corrected chi connectivity index (χ0v) is 25.4. The van der Waals surface area contributed by atoms with Gasteiger partial charge in [-0.05, 0) is 30.7 Å². The van der Waals surface area contributed by atoms with E-state index in [4.69, 9.17) is 14.2 Å². The normalized spacial score (nSPS) is 17.0. The highest BCUT2D eigenvalue weighted by atomic mass is 19.4. The maximum absolute atomic E-state index is 14.0. The number of alkyl halides is 6. The Balaban J connectivity index is 1.11. The molecule has 0 aliphatic carbocycles. The van der Waals surface area contributed by atoms with Crippen molar-refractivity contribution in [2.75, 3.05) is 56.8 Å². The number of hydrogen-bond acceptors (Lipinski definition) is 9. The maximum Gasteiger partial charge on any atom is 0.423 e. The Labute approximate surface area is 265 Å². The van der Waals surface area contributed by atoms with Gasteiger partial charge in [-0.1, -0.05) is 12.1 Å². The molecule has 11 nitrogen and oxygen atoms in total. The van der Waals surface area contributed by atoms with Crippen LogP contribution in [0.3, 0.4) is 0 Å². The van der Waals surface area contributed by atoms with Gasteiger partial charge in [0.15, 0.2) is 11.6 Å². The lowest BCUT2D eigenvalue weighted by Gasteiger charge is -2.44. The second-order valence-corrected chi connectivity index (χ2v) is 11.2. The van der Waals surface area contributed by atoms with Gasteiger partial charge in [0.1, 0.15) is 17.9 Å². The quantitative estimate of drug-likeness (QED) is 0.252. The van der Waals surface area contributed by atoms with Gasteiger partial charge in [0.05, 0.1) is 56.8 Å². The second-order valence-electron chi connectivity index (χ2n) is 11.2. The summed E-state index contributed by atoms with van der Waals surface area (Å²) in [5.74, 6) is 0.674. The number of pyridine rings is 1. The topological polar surface area (TPSA) is 111 Å². The number of methoxy groups -OCH3 is 1. The van der Waals surface area contributed by atoms with Crippen LogP contribution in [0.2, 0.25) is 0 Å². The molecule has 1 aromatic carbocycles. The Morgan fingerprint density at radius 2 is 1.85 bits per heavy atom. The Morgan fingerprint density at radius 3 is 2.53 bits per heavy atom. The molecule has 1 N–H and O–H groups in total. The van der Waals surface area contributed by atoms with Crippen LogP contribution in [0.4, 0.5) is 37.8 Å². The van der Waals surface area contributed by atoms with Crippen LogP contribution in [0.5, 0.6) is 11.5 Å². The van der Waals surface area contributed by atoms with Crippen LogP contribution >= 0.6 is 0 Å². The number of ether oxygens (including phenoxy) is 3. The Kier molecular flexibility index (Phi) is 9.84. The summed E-state index contributed by atoms with van der Waals surface area (Å²) in [6, 6.07) is 6.45. The van der Waals surface area contributed by atoms with Crippen LogP contribution in [0.25, 0.3) is 0 Å². The third kappa shape index (κ3) is 7.89. The molecule has 3 aromatic rings. The molecule has 1 amide bonds. The zero-order chi connectivity index (χ0) is 33.9. The lowest BCUT2D eigenvalue weighted by molar-refractivity contribution is -0.139. The van der Waals surface area contributed by atoms with E-state index < -0.39 is 40.8 Å². The average Bonchev–Trinajstić information content (AvgIpc) is 3.03. The van der Waals surface area contributed by atoms with Crippen LogP contribution in [0.1, 0.15) is 30.0 Å². The van der Waals surface area contributed by atoms with Crippen LogP contribution in [0, 0.1) is 0 Å². The first kappa shape index (κ1) is 33.8. The fraction of sp³-hybridized carbons (Fsp3) is 0.467. The summed E-state index contributed by atoms with van der Waals surface area (Å²) in [6.07, 6.45) is -7.79. The standard InChI is InChI=1S/C30H32F6N6O5/c1-18(39-23-13-38-42(28(44)26(23)30(34,35)36)14-19-3-5-22(45-2)6-4-19)16-46-10-7-25(43)40-8-9-41-21(15-40)17-47-24-11-20(29(31,32)33)12-37-27(24)41/h3-6,11-13,18,21,39H,7-10,14-17H2,1-2H3. The summed E-state index contributed by atoms with van der Waals surface area (Å²) < 4.78 is 97.9. The highest BCUT2D eigenvalue weighted by Gasteiger charge is 2.39. The van der Waals surface area contributed by atoms with Crippen molar-refractivity contribution >= 4 is 17.4 Å². The number of aromatic nitrogens is 3. The van der Waals surface area contributed by atoms with Gasteiger partial charge in [-0.3, -0.25) is 9.59 Å². The maximum atomic E-state index is 14.0. The number of amides is 1. The largest absolute Gasteiger partial charge is 0.497 e. The molecule has 4 heterocycles. The van der Waals surface area contributed by atoms with Crippen molar-refractivity contribution in [2.45, 2.75) is 44.3 Å². The number of hydrogen-bond donors (Lipinski definition) is 1. The number of carbonyl (C=O) groups is 1. The van der Waals surface area contributed by atoms with Crippen LogP contribution in [-0.2, 0) is 28.4 Å². The summed E-state index contributed by atoms with van der Waals surface area (Å²) in [5.41, 5.74) is -3.51. The number of rotatable bonds is 10. The van der Waals surface area contributed by atoms with Gasteiger partial charge in [-0.25, -0.2) is 9.67 Å². The van der Waals surface area contributed by atoms with E-state index in [0.717, 1.165) is 23.1 Å². The smallest absolute Gasteiger partial charge is 0.423 e. The summed E-state index contributed by atoms with van der Waals surface area (Å²) >= 11 is 0. The number of nitrogens with one attached hydrogen (secondary N) is 1. The highest BCUT2D eigenvalue weighted by Crippen LogP contribution is 2.38. The van der Waals surface area contributed by atoms with Crippen molar-refractivity contribution < 1.29 is 45.3 Å². The zero-order valence-electron chi connectivity index (χ0n) is 25.4. The van der Waals surface area contributed by atoms with Crippen LogP contribution < -0.4 is 25.2 Å². The lowest BCUT2D eigenvalue weighted by Crippen LogP contribution is -2.58. The molecular weight excluding hydrogens is 638 g/mol. The van der Waals surface area contributed by atoms with Crippen LogP contribution in [0.15, 0.2) is 47.5 Å². The number of carbonyl (C=O) groups excluding carboxylic acids is 1. The van der Waals surface area contributed by atoms with Crippen molar-refractivity contribution in [3.8, 4) is 11.5 Å². The molecule has 254 valence electrons. The first-order valence-corrected chi connectivity index (χ1v) is 14.6. The van der Waals surface area contributed by atoms with Crippen molar-refractivity contribution in [1.82, 2.24) is 19.7 Å².